The van der Waals surface area contributed by atoms with E-state index in [9.17, 15) is 5.11 Å². The van der Waals surface area contributed by atoms with E-state index in [0.29, 0.717) is 29.0 Å². The summed E-state index contributed by atoms with van der Waals surface area (Å²) < 4.78 is 0.962. The molecule has 2 N–H and O–H groups in total. The number of hydrogen-bond donors (Lipinski definition) is 2. The summed E-state index contributed by atoms with van der Waals surface area (Å²) in [4.78, 5) is 9.21. The lowest BCUT2D eigenvalue weighted by Crippen LogP contribution is -2.51. The second-order valence-electron chi connectivity index (χ2n) is 7.99. The molecule has 3 heterocycles. The van der Waals surface area contributed by atoms with Crippen LogP contribution in [-0.4, -0.2) is 68.6 Å². The highest BCUT2D eigenvalue weighted by Crippen LogP contribution is 2.37. The summed E-state index contributed by atoms with van der Waals surface area (Å²) in [5.74, 6) is 0.161. The van der Waals surface area contributed by atoms with E-state index in [1.54, 1.807) is 29.8 Å². The highest BCUT2D eigenvalue weighted by atomic mass is 32.1. The maximum atomic E-state index is 10.6. The van der Waals surface area contributed by atoms with Crippen LogP contribution in [0, 0.1) is 0 Å². The number of nitrogens with one attached hydrogen (secondary N) is 1. The van der Waals surface area contributed by atoms with Crippen LogP contribution in [-0.2, 0) is 0 Å². The zero-order chi connectivity index (χ0) is 20.8. The third-order valence-electron chi connectivity index (χ3n) is 5.92. The van der Waals surface area contributed by atoms with Crippen molar-refractivity contribution in [3.05, 3.63) is 36.7 Å². The number of aromatic hydroxyl groups is 1. The Labute approximate surface area is 178 Å². The fraction of sp³-hybridized carbons (Fsp3) is 0.333. The van der Waals surface area contributed by atoms with Gasteiger partial charge >= 0.3 is 0 Å². The van der Waals surface area contributed by atoms with Gasteiger partial charge in [-0.1, -0.05) is 17.4 Å². The molecule has 1 fully saturated rings. The van der Waals surface area contributed by atoms with E-state index >= 15 is 0 Å². The fourth-order valence-electron chi connectivity index (χ4n) is 3.80. The number of aromatic amines is 1. The molecule has 0 bridgehead atoms. The molecule has 1 aromatic carbocycles. The molecule has 0 unspecified atom stereocenters. The lowest BCUT2D eigenvalue weighted by atomic mass is 9.85. The minimum absolute atomic E-state index is 0.161. The van der Waals surface area contributed by atoms with Crippen molar-refractivity contribution in [3.63, 3.8) is 0 Å². The first-order valence-electron chi connectivity index (χ1n) is 9.85. The predicted molar refractivity (Wildman–Crippen MR) is 119 cm³/mol. The quantitative estimate of drug-likeness (QED) is 0.510. The first-order chi connectivity index (χ1) is 14.5. The van der Waals surface area contributed by atoms with Crippen molar-refractivity contribution in [1.29, 1.82) is 0 Å². The molecular formula is C21H23N7OS. The van der Waals surface area contributed by atoms with Crippen LogP contribution in [0.25, 0.3) is 32.7 Å². The Balaban J connectivity index is 1.40. The minimum Gasteiger partial charge on any atom is -0.507 e. The van der Waals surface area contributed by atoms with Crippen LogP contribution in [0.2, 0.25) is 0 Å². The molecule has 0 radical (unpaired) electrons. The molecule has 0 aliphatic heterocycles. The summed E-state index contributed by atoms with van der Waals surface area (Å²) in [5.41, 5.74) is 3.72. The fourth-order valence-corrected chi connectivity index (χ4v) is 4.77. The largest absolute Gasteiger partial charge is 0.507 e. The first-order valence-corrected chi connectivity index (χ1v) is 10.7. The van der Waals surface area contributed by atoms with Gasteiger partial charge in [-0.2, -0.15) is 10.1 Å². The van der Waals surface area contributed by atoms with Crippen LogP contribution in [0.1, 0.15) is 12.8 Å². The minimum atomic E-state index is 0.161. The second kappa shape index (κ2) is 7.33. The Hall–Kier alpha value is -3.04. The zero-order valence-corrected chi connectivity index (χ0v) is 17.9. The van der Waals surface area contributed by atoms with Crippen LogP contribution in [0.4, 0.5) is 5.13 Å². The van der Waals surface area contributed by atoms with E-state index in [0.717, 1.165) is 33.8 Å². The summed E-state index contributed by atoms with van der Waals surface area (Å²) in [6, 6.07) is 8.62. The predicted octanol–water partition coefficient (Wildman–Crippen LogP) is 3.38. The Morgan fingerprint density at radius 1 is 1.07 bits per heavy atom. The standard InChI is InChI=1S/C21H23N7OS/c1-27(2)14-7-15(8-14)28(3)21-24-20-19(30-21)9-17(25-26-20)16-5-4-12(6-18(16)29)13-10-22-23-11-13/h4-6,9-11,14-15,29H,7-8H2,1-3H3,(H,22,23)/t14-,15+. The van der Waals surface area contributed by atoms with Crippen molar-refractivity contribution in [2.75, 3.05) is 26.0 Å². The molecule has 9 heteroatoms. The summed E-state index contributed by atoms with van der Waals surface area (Å²) in [5, 5.41) is 26.9. The SMILES string of the molecule is CN(C)[C@H]1C[C@@H](N(C)c2nc3nnc(-c4ccc(-c5cn[nH]c5)cc4O)cc3s2)C1. The Morgan fingerprint density at radius 3 is 2.60 bits per heavy atom. The van der Waals surface area contributed by atoms with Gasteiger partial charge in [0.25, 0.3) is 0 Å². The average molecular weight is 422 g/mol. The number of benzene rings is 1. The van der Waals surface area contributed by atoms with Crippen LogP contribution < -0.4 is 4.90 Å². The molecule has 0 amide bonds. The van der Waals surface area contributed by atoms with Crippen molar-refractivity contribution in [1.82, 2.24) is 30.3 Å². The number of anilines is 1. The normalized spacial score (nSPS) is 18.7. The van der Waals surface area contributed by atoms with E-state index in [1.165, 1.54) is 0 Å². The van der Waals surface area contributed by atoms with Crippen molar-refractivity contribution in [2.45, 2.75) is 24.9 Å². The molecule has 0 spiro atoms. The summed E-state index contributed by atoms with van der Waals surface area (Å²) in [6.45, 7) is 0. The topological polar surface area (TPSA) is 94.1 Å². The van der Waals surface area contributed by atoms with Gasteiger partial charge < -0.3 is 14.9 Å². The van der Waals surface area contributed by atoms with Gasteiger partial charge in [-0.25, -0.2) is 0 Å². The molecule has 30 heavy (non-hydrogen) atoms. The molecule has 4 aromatic rings. The van der Waals surface area contributed by atoms with Gasteiger partial charge in [-0.05, 0) is 50.7 Å². The zero-order valence-electron chi connectivity index (χ0n) is 17.1. The Kier molecular flexibility index (Phi) is 4.63. The van der Waals surface area contributed by atoms with Crippen LogP contribution >= 0.6 is 11.3 Å². The van der Waals surface area contributed by atoms with Crippen LogP contribution in [0.15, 0.2) is 36.7 Å². The smallest absolute Gasteiger partial charge is 0.194 e. The first kappa shape index (κ1) is 19.0. The maximum absolute atomic E-state index is 10.6. The number of rotatable bonds is 5. The molecule has 0 atom stereocenters. The van der Waals surface area contributed by atoms with E-state index < -0.39 is 0 Å². The third-order valence-corrected chi connectivity index (χ3v) is 7.00. The van der Waals surface area contributed by atoms with Crippen LogP contribution in [0.3, 0.4) is 0 Å². The number of aromatic nitrogens is 5. The highest BCUT2D eigenvalue weighted by Gasteiger charge is 2.34. The lowest BCUT2D eigenvalue weighted by molar-refractivity contribution is 0.165. The van der Waals surface area contributed by atoms with Gasteiger partial charge in [-0.15, -0.1) is 10.2 Å². The molecule has 0 saturated heterocycles. The number of thiazole rings is 1. The molecular weight excluding hydrogens is 398 g/mol. The van der Waals surface area contributed by atoms with Gasteiger partial charge in [-0.3, -0.25) is 5.10 Å². The molecule has 1 aliphatic carbocycles. The third kappa shape index (κ3) is 3.29. The number of fused-ring (bicyclic) bond motifs is 1. The molecule has 8 nitrogen and oxygen atoms in total. The number of phenols is 1. The number of phenolic OH excluding ortho intramolecular Hbond substituents is 1. The van der Waals surface area contributed by atoms with Gasteiger partial charge in [0.05, 0.1) is 16.6 Å². The van der Waals surface area contributed by atoms with E-state index in [2.05, 4.69) is 56.3 Å². The monoisotopic (exact) mass is 421 g/mol. The van der Waals surface area contributed by atoms with Crippen molar-refractivity contribution in [3.8, 4) is 28.1 Å². The van der Waals surface area contributed by atoms with Gasteiger partial charge in [0.2, 0.25) is 0 Å². The molecule has 1 aliphatic rings. The Bertz CT molecular complexity index is 1180. The Morgan fingerprint density at radius 2 is 1.90 bits per heavy atom. The van der Waals surface area contributed by atoms with Gasteiger partial charge in [0.1, 0.15) is 5.75 Å². The summed E-state index contributed by atoms with van der Waals surface area (Å²) >= 11 is 1.61. The maximum Gasteiger partial charge on any atom is 0.194 e. The van der Waals surface area contributed by atoms with Crippen molar-refractivity contribution < 1.29 is 5.11 Å². The molecule has 3 aromatic heterocycles. The van der Waals surface area contributed by atoms with Gasteiger partial charge in [0, 0.05) is 36.5 Å². The van der Waals surface area contributed by atoms with E-state index in [4.69, 9.17) is 0 Å². The molecule has 5 rings (SSSR count). The summed E-state index contributed by atoms with van der Waals surface area (Å²) in [7, 11) is 6.36. The highest BCUT2D eigenvalue weighted by molar-refractivity contribution is 7.22. The average Bonchev–Trinajstić information content (AvgIpc) is 3.35. The summed E-state index contributed by atoms with van der Waals surface area (Å²) in [6.07, 6.45) is 5.80. The van der Waals surface area contributed by atoms with Crippen molar-refractivity contribution >= 4 is 26.8 Å². The molecule has 154 valence electrons. The molecule has 1 saturated carbocycles. The lowest BCUT2D eigenvalue weighted by Gasteiger charge is -2.44. The number of hydrogen-bond acceptors (Lipinski definition) is 8. The van der Waals surface area contributed by atoms with Crippen molar-refractivity contribution in [2.24, 2.45) is 0 Å². The second-order valence-corrected chi connectivity index (χ2v) is 9.00. The number of nitrogens with zero attached hydrogens (tertiary/aromatic N) is 6. The number of H-pyrrole nitrogens is 1. The van der Waals surface area contributed by atoms with Gasteiger partial charge in [0.15, 0.2) is 10.8 Å². The van der Waals surface area contributed by atoms with E-state index in [1.807, 2.05) is 18.2 Å². The van der Waals surface area contributed by atoms with Crippen LogP contribution in [0.5, 0.6) is 5.75 Å². The van der Waals surface area contributed by atoms with E-state index in [-0.39, 0.29) is 5.75 Å².